The molecule has 3 rings (SSSR count). The molecule has 2 aliphatic heterocycles. The summed E-state index contributed by atoms with van der Waals surface area (Å²) in [5, 5.41) is 9.78. The minimum absolute atomic E-state index is 0.0607. The van der Waals surface area contributed by atoms with E-state index < -0.39 is 9.84 Å². The topological polar surface area (TPSA) is 74.7 Å². The molecule has 114 valence electrons. The highest BCUT2D eigenvalue weighted by atomic mass is 32.2. The van der Waals surface area contributed by atoms with E-state index in [4.69, 9.17) is 0 Å². The van der Waals surface area contributed by atoms with Crippen molar-refractivity contribution in [2.75, 3.05) is 6.26 Å². The highest BCUT2D eigenvalue weighted by Gasteiger charge is 2.42. The van der Waals surface area contributed by atoms with Gasteiger partial charge in [-0.15, -0.1) is 0 Å². The molecule has 2 aliphatic rings. The van der Waals surface area contributed by atoms with Gasteiger partial charge in [-0.2, -0.15) is 0 Å². The van der Waals surface area contributed by atoms with Crippen LogP contribution in [0.15, 0.2) is 29.2 Å². The van der Waals surface area contributed by atoms with Crippen LogP contribution in [-0.4, -0.2) is 48.8 Å². The Morgan fingerprint density at radius 2 is 1.67 bits per heavy atom. The molecule has 0 spiro atoms. The molecule has 2 fully saturated rings. The van der Waals surface area contributed by atoms with Crippen molar-refractivity contribution in [2.45, 2.75) is 48.8 Å². The van der Waals surface area contributed by atoms with Crippen molar-refractivity contribution < 1.29 is 18.3 Å². The molecular weight excluding hydrogens is 290 g/mol. The molecule has 0 aromatic heterocycles. The maximum Gasteiger partial charge on any atom is 0.254 e. The van der Waals surface area contributed by atoms with Crippen LogP contribution < -0.4 is 0 Å². The van der Waals surface area contributed by atoms with Gasteiger partial charge in [0, 0.05) is 23.9 Å². The SMILES string of the molecule is CS(=O)(=O)c1ccc(C(=O)N2C3CCC2CC(O)C3)cc1. The van der Waals surface area contributed by atoms with E-state index in [2.05, 4.69) is 0 Å². The molecule has 2 saturated heterocycles. The third-order valence-electron chi connectivity index (χ3n) is 4.47. The van der Waals surface area contributed by atoms with E-state index in [9.17, 15) is 18.3 Å². The fourth-order valence-electron chi connectivity index (χ4n) is 3.47. The summed E-state index contributed by atoms with van der Waals surface area (Å²) in [4.78, 5) is 14.7. The molecule has 5 nitrogen and oxygen atoms in total. The third-order valence-corrected chi connectivity index (χ3v) is 5.60. The van der Waals surface area contributed by atoms with Crippen LogP contribution in [0, 0.1) is 0 Å². The Labute approximate surface area is 124 Å². The van der Waals surface area contributed by atoms with E-state index in [0.717, 1.165) is 19.1 Å². The third kappa shape index (κ3) is 2.70. The summed E-state index contributed by atoms with van der Waals surface area (Å²) in [6.45, 7) is 0. The van der Waals surface area contributed by atoms with Gasteiger partial charge in [-0.1, -0.05) is 0 Å². The van der Waals surface area contributed by atoms with E-state index in [0.29, 0.717) is 18.4 Å². The predicted molar refractivity (Wildman–Crippen MR) is 77.8 cm³/mol. The van der Waals surface area contributed by atoms with Gasteiger partial charge in [0.2, 0.25) is 0 Å². The fourth-order valence-corrected chi connectivity index (χ4v) is 4.10. The lowest BCUT2D eigenvalue weighted by molar-refractivity contribution is 0.0287. The van der Waals surface area contributed by atoms with Crippen molar-refractivity contribution in [2.24, 2.45) is 0 Å². The van der Waals surface area contributed by atoms with Gasteiger partial charge in [-0.25, -0.2) is 8.42 Å². The zero-order chi connectivity index (χ0) is 15.2. The first-order valence-electron chi connectivity index (χ1n) is 7.17. The number of sulfone groups is 1. The molecule has 2 heterocycles. The van der Waals surface area contributed by atoms with Crippen molar-refractivity contribution >= 4 is 15.7 Å². The number of rotatable bonds is 2. The van der Waals surface area contributed by atoms with Crippen molar-refractivity contribution in [1.29, 1.82) is 0 Å². The van der Waals surface area contributed by atoms with Gasteiger partial charge in [-0.05, 0) is 49.9 Å². The molecule has 2 bridgehead atoms. The van der Waals surface area contributed by atoms with Crippen LogP contribution in [0.3, 0.4) is 0 Å². The molecule has 2 unspecified atom stereocenters. The molecule has 0 aliphatic carbocycles. The Hall–Kier alpha value is -1.40. The number of carbonyl (C=O) groups is 1. The summed E-state index contributed by atoms with van der Waals surface area (Å²) in [7, 11) is -3.24. The van der Waals surface area contributed by atoms with Gasteiger partial charge < -0.3 is 10.0 Å². The maximum atomic E-state index is 12.6. The number of hydrogen-bond donors (Lipinski definition) is 1. The standard InChI is InChI=1S/C15H19NO4S/c1-21(19,20)14-6-2-10(3-7-14)15(18)16-11-4-5-12(16)9-13(17)8-11/h2-3,6-7,11-13,17H,4-5,8-9H2,1H3. The molecule has 6 heteroatoms. The van der Waals surface area contributed by atoms with Gasteiger partial charge in [0.05, 0.1) is 11.0 Å². The summed E-state index contributed by atoms with van der Waals surface area (Å²) in [6.07, 6.45) is 4.01. The lowest BCUT2D eigenvalue weighted by atomic mass is 9.99. The van der Waals surface area contributed by atoms with E-state index >= 15 is 0 Å². The summed E-state index contributed by atoms with van der Waals surface area (Å²) < 4.78 is 22.9. The van der Waals surface area contributed by atoms with Gasteiger partial charge >= 0.3 is 0 Å². The number of hydrogen-bond acceptors (Lipinski definition) is 4. The number of amides is 1. The average Bonchev–Trinajstić information content (AvgIpc) is 2.69. The number of fused-ring (bicyclic) bond motifs is 2. The van der Waals surface area contributed by atoms with E-state index in [-0.39, 0.29) is 29.0 Å². The van der Waals surface area contributed by atoms with E-state index in [1.165, 1.54) is 12.1 Å². The second-order valence-corrected chi connectivity index (χ2v) is 8.03. The first kappa shape index (κ1) is 14.5. The summed E-state index contributed by atoms with van der Waals surface area (Å²) in [5.74, 6) is -0.0607. The zero-order valence-electron chi connectivity index (χ0n) is 11.9. The van der Waals surface area contributed by atoms with Gasteiger partial charge in [-0.3, -0.25) is 4.79 Å². The molecular formula is C15H19NO4S. The zero-order valence-corrected chi connectivity index (χ0v) is 12.7. The molecule has 1 aromatic carbocycles. The first-order valence-corrected chi connectivity index (χ1v) is 9.06. The summed E-state index contributed by atoms with van der Waals surface area (Å²) in [5.41, 5.74) is 0.510. The van der Waals surface area contributed by atoms with Crippen molar-refractivity contribution in [3.63, 3.8) is 0 Å². The first-order chi connectivity index (χ1) is 9.86. The number of benzene rings is 1. The largest absolute Gasteiger partial charge is 0.393 e. The van der Waals surface area contributed by atoms with Crippen LogP contribution in [-0.2, 0) is 9.84 Å². The predicted octanol–water partition coefficient (Wildman–Crippen LogP) is 1.22. The monoisotopic (exact) mass is 309 g/mol. The lowest BCUT2D eigenvalue weighted by Crippen LogP contribution is -2.48. The molecule has 0 radical (unpaired) electrons. The fraction of sp³-hybridized carbons (Fsp3) is 0.533. The quantitative estimate of drug-likeness (QED) is 0.891. The van der Waals surface area contributed by atoms with Crippen LogP contribution in [0.2, 0.25) is 0 Å². The van der Waals surface area contributed by atoms with Gasteiger partial charge in [0.1, 0.15) is 0 Å². The van der Waals surface area contributed by atoms with Crippen molar-refractivity contribution in [1.82, 2.24) is 4.90 Å². The molecule has 1 N–H and O–H groups in total. The van der Waals surface area contributed by atoms with E-state index in [1.807, 2.05) is 4.90 Å². The van der Waals surface area contributed by atoms with Crippen LogP contribution in [0.5, 0.6) is 0 Å². The second kappa shape index (κ2) is 5.10. The smallest absolute Gasteiger partial charge is 0.254 e. The highest BCUT2D eigenvalue weighted by molar-refractivity contribution is 7.90. The van der Waals surface area contributed by atoms with Crippen LogP contribution in [0.1, 0.15) is 36.0 Å². The Kier molecular flexibility index (Phi) is 3.53. The maximum absolute atomic E-state index is 12.6. The Morgan fingerprint density at radius 3 is 2.14 bits per heavy atom. The summed E-state index contributed by atoms with van der Waals surface area (Å²) >= 11 is 0. The molecule has 1 amide bonds. The molecule has 0 saturated carbocycles. The molecule has 2 atom stereocenters. The number of aliphatic hydroxyl groups is 1. The Bertz CT molecular complexity index is 639. The Morgan fingerprint density at radius 1 is 1.14 bits per heavy atom. The summed E-state index contributed by atoms with van der Waals surface area (Å²) in [6, 6.07) is 6.32. The minimum Gasteiger partial charge on any atom is -0.393 e. The lowest BCUT2D eigenvalue weighted by Gasteiger charge is -2.37. The normalized spacial score (nSPS) is 28.7. The average molecular weight is 309 g/mol. The number of aliphatic hydroxyl groups excluding tert-OH is 1. The van der Waals surface area contributed by atoms with Crippen molar-refractivity contribution in [3.8, 4) is 0 Å². The minimum atomic E-state index is -3.24. The molecule has 21 heavy (non-hydrogen) atoms. The molecule has 1 aromatic rings. The Balaban J connectivity index is 1.83. The van der Waals surface area contributed by atoms with Crippen LogP contribution >= 0.6 is 0 Å². The number of carbonyl (C=O) groups excluding carboxylic acids is 1. The highest BCUT2D eigenvalue weighted by Crippen LogP contribution is 2.36. The number of piperidine rings is 1. The van der Waals surface area contributed by atoms with E-state index in [1.54, 1.807) is 12.1 Å². The second-order valence-electron chi connectivity index (χ2n) is 6.02. The van der Waals surface area contributed by atoms with Crippen LogP contribution in [0.4, 0.5) is 0 Å². The number of nitrogens with zero attached hydrogens (tertiary/aromatic N) is 1. The van der Waals surface area contributed by atoms with Crippen molar-refractivity contribution in [3.05, 3.63) is 29.8 Å². The van der Waals surface area contributed by atoms with Gasteiger partial charge in [0.15, 0.2) is 9.84 Å². The van der Waals surface area contributed by atoms with Crippen LogP contribution in [0.25, 0.3) is 0 Å². The van der Waals surface area contributed by atoms with Gasteiger partial charge in [0.25, 0.3) is 5.91 Å².